The number of hydrogen-bond acceptors (Lipinski definition) is 2. The van der Waals surface area contributed by atoms with Gasteiger partial charge in [0.15, 0.2) is 0 Å². The van der Waals surface area contributed by atoms with Gasteiger partial charge in [0.05, 0.1) is 0 Å². The first-order chi connectivity index (χ1) is 13.3. The van der Waals surface area contributed by atoms with Gasteiger partial charge in [0.2, 0.25) is 0 Å². The van der Waals surface area contributed by atoms with Crippen molar-refractivity contribution in [1.29, 1.82) is 0 Å². The second kappa shape index (κ2) is 9.54. The van der Waals surface area contributed by atoms with Crippen molar-refractivity contribution in [3.8, 4) is 0 Å². The van der Waals surface area contributed by atoms with Crippen LogP contribution < -0.4 is 0 Å². The zero-order valence-corrected chi connectivity index (χ0v) is 18.4. The van der Waals surface area contributed by atoms with E-state index in [1.807, 2.05) is 12.1 Å². The first-order valence-corrected chi connectivity index (χ1v) is 11.2. The summed E-state index contributed by atoms with van der Waals surface area (Å²) in [5.74, 6) is -0.153. The van der Waals surface area contributed by atoms with Gasteiger partial charge in [-0.1, -0.05) is 44.1 Å². The van der Waals surface area contributed by atoms with Gasteiger partial charge in [-0.05, 0) is 82.2 Å². The molecule has 2 aliphatic heterocycles. The van der Waals surface area contributed by atoms with Gasteiger partial charge >= 0.3 is 0 Å². The number of rotatable bonds is 6. The Morgan fingerprint density at radius 1 is 1.04 bits per heavy atom. The number of piperidine rings is 2. The Hall–Kier alpha value is -1.19. The molecule has 1 unspecified atom stereocenters. The first-order valence-electron chi connectivity index (χ1n) is 11.2. The molecule has 2 heterocycles. The van der Waals surface area contributed by atoms with Crippen LogP contribution in [0.15, 0.2) is 35.9 Å². The molecule has 2 aliphatic rings. The molecule has 0 N–H and O–H groups in total. The van der Waals surface area contributed by atoms with Crippen LogP contribution in [0.1, 0.15) is 71.8 Å². The minimum atomic E-state index is -0.153. The summed E-state index contributed by atoms with van der Waals surface area (Å²) < 4.78 is 13.4. The number of likely N-dealkylation sites (tertiary alicyclic amines) is 2. The predicted octanol–water partition coefficient (Wildman–Crippen LogP) is 5.78. The van der Waals surface area contributed by atoms with Gasteiger partial charge < -0.3 is 4.90 Å². The van der Waals surface area contributed by atoms with Crippen molar-refractivity contribution < 1.29 is 4.39 Å². The van der Waals surface area contributed by atoms with Crippen LogP contribution in [-0.2, 0) is 5.41 Å². The van der Waals surface area contributed by atoms with Crippen molar-refractivity contribution in [2.24, 2.45) is 0 Å². The van der Waals surface area contributed by atoms with Crippen molar-refractivity contribution in [3.63, 3.8) is 0 Å². The lowest BCUT2D eigenvalue weighted by Crippen LogP contribution is -2.49. The third-order valence-corrected chi connectivity index (χ3v) is 6.75. The molecule has 156 valence electrons. The van der Waals surface area contributed by atoms with Crippen LogP contribution in [0, 0.1) is 5.82 Å². The van der Waals surface area contributed by atoms with Crippen LogP contribution in [0.2, 0.25) is 0 Å². The van der Waals surface area contributed by atoms with E-state index in [1.54, 1.807) is 12.1 Å². The molecule has 2 fully saturated rings. The minimum absolute atomic E-state index is 0.0219. The third-order valence-electron chi connectivity index (χ3n) is 6.75. The highest BCUT2D eigenvalue weighted by Gasteiger charge is 2.32. The van der Waals surface area contributed by atoms with Gasteiger partial charge in [-0.2, -0.15) is 0 Å². The van der Waals surface area contributed by atoms with Gasteiger partial charge in [0.25, 0.3) is 0 Å². The van der Waals surface area contributed by atoms with Crippen LogP contribution in [0.3, 0.4) is 0 Å². The smallest absolute Gasteiger partial charge is 0.123 e. The molecule has 0 aliphatic carbocycles. The molecule has 0 saturated carbocycles. The van der Waals surface area contributed by atoms with Crippen molar-refractivity contribution in [2.45, 2.75) is 83.7 Å². The number of nitrogens with zero attached hydrogens (tertiary/aromatic N) is 2. The number of benzene rings is 1. The normalized spacial score (nSPS) is 21.5. The Labute approximate surface area is 171 Å². The average Bonchev–Trinajstić information content (AvgIpc) is 2.68. The molecule has 2 saturated heterocycles. The van der Waals surface area contributed by atoms with Crippen LogP contribution in [0.5, 0.6) is 0 Å². The molecular formula is C25H39FN2. The Balaban J connectivity index is 1.65. The number of halogens is 1. The quantitative estimate of drug-likeness (QED) is 0.572. The van der Waals surface area contributed by atoms with Gasteiger partial charge in [-0.3, -0.25) is 4.90 Å². The lowest BCUT2D eigenvalue weighted by atomic mass is 9.78. The lowest BCUT2D eigenvalue weighted by Gasteiger charge is -2.43. The standard InChI is InChI=1S/C25H39FN2/c1-20(2)18-24(19-25(3,4)21-8-10-22(26)11-9-21)28-16-12-23(13-17-28)27-14-6-5-7-15-27/h8-11,18,23-24H,5-7,12-17,19H2,1-4H3. The predicted molar refractivity (Wildman–Crippen MR) is 117 cm³/mol. The molecule has 1 aromatic rings. The van der Waals surface area contributed by atoms with Crippen molar-refractivity contribution >= 4 is 0 Å². The first kappa shape index (κ1) is 21.5. The summed E-state index contributed by atoms with van der Waals surface area (Å²) in [6.45, 7) is 14.0. The summed E-state index contributed by atoms with van der Waals surface area (Å²) >= 11 is 0. The van der Waals surface area contributed by atoms with E-state index in [0.29, 0.717) is 6.04 Å². The van der Waals surface area contributed by atoms with E-state index in [4.69, 9.17) is 0 Å². The monoisotopic (exact) mass is 386 g/mol. The molecule has 0 bridgehead atoms. The van der Waals surface area contributed by atoms with Gasteiger partial charge in [-0.25, -0.2) is 4.39 Å². The minimum Gasteiger partial charge on any atom is -0.300 e. The van der Waals surface area contributed by atoms with Gasteiger partial charge in [0.1, 0.15) is 5.82 Å². The fraction of sp³-hybridized carbons (Fsp3) is 0.680. The van der Waals surface area contributed by atoms with Crippen molar-refractivity contribution in [2.75, 3.05) is 26.2 Å². The third kappa shape index (κ3) is 5.67. The molecule has 0 amide bonds. The zero-order chi connectivity index (χ0) is 20.1. The topological polar surface area (TPSA) is 6.48 Å². The summed E-state index contributed by atoms with van der Waals surface area (Å²) in [6, 6.07) is 8.34. The van der Waals surface area contributed by atoms with Crippen LogP contribution in [-0.4, -0.2) is 48.1 Å². The van der Waals surface area contributed by atoms with Gasteiger partial charge in [-0.15, -0.1) is 0 Å². The molecule has 3 heteroatoms. The van der Waals surface area contributed by atoms with Gasteiger partial charge in [0, 0.05) is 25.2 Å². The summed E-state index contributed by atoms with van der Waals surface area (Å²) in [6.07, 6.45) is 10.3. The molecule has 1 atom stereocenters. The van der Waals surface area contributed by atoms with Crippen LogP contribution >= 0.6 is 0 Å². The van der Waals surface area contributed by atoms with Crippen LogP contribution in [0.4, 0.5) is 4.39 Å². The number of allylic oxidation sites excluding steroid dienone is 1. The largest absolute Gasteiger partial charge is 0.300 e. The summed E-state index contributed by atoms with van der Waals surface area (Å²) in [5, 5.41) is 0. The molecular weight excluding hydrogens is 347 g/mol. The summed E-state index contributed by atoms with van der Waals surface area (Å²) in [4.78, 5) is 5.44. The molecule has 0 aromatic heterocycles. The maximum Gasteiger partial charge on any atom is 0.123 e. The average molecular weight is 387 g/mol. The lowest BCUT2D eigenvalue weighted by molar-refractivity contribution is 0.0755. The zero-order valence-electron chi connectivity index (χ0n) is 18.4. The molecule has 3 rings (SSSR count). The van der Waals surface area contributed by atoms with E-state index in [1.165, 1.54) is 69.4 Å². The second-order valence-electron chi connectivity index (χ2n) is 9.77. The second-order valence-corrected chi connectivity index (χ2v) is 9.77. The molecule has 28 heavy (non-hydrogen) atoms. The maximum absolute atomic E-state index is 13.4. The van der Waals surface area contributed by atoms with E-state index < -0.39 is 0 Å². The Kier molecular flexibility index (Phi) is 7.33. The fourth-order valence-electron chi connectivity index (χ4n) is 5.09. The fourth-order valence-corrected chi connectivity index (χ4v) is 5.09. The SMILES string of the molecule is CC(C)=CC(CC(C)(C)c1ccc(F)cc1)N1CCC(N2CCCCC2)CC1. The maximum atomic E-state index is 13.4. The molecule has 0 radical (unpaired) electrons. The Morgan fingerprint density at radius 2 is 1.64 bits per heavy atom. The highest BCUT2D eigenvalue weighted by atomic mass is 19.1. The summed E-state index contributed by atoms with van der Waals surface area (Å²) in [5.41, 5.74) is 2.64. The Bertz CT molecular complexity index is 631. The number of hydrogen-bond donors (Lipinski definition) is 0. The van der Waals surface area contributed by atoms with E-state index in [9.17, 15) is 4.39 Å². The van der Waals surface area contributed by atoms with Crippen LogP contribution in [0.25, 0.3) is 0 Å². The van der Waals surface area contributed by atoms with E-state index in [-0.39, 0.29) is 11.2 Å². The van der Waals surface area contributed by atoms with E-state index in [2.05, 4.69) is 43.6 Å². The molecule has 0 spiro atoms. The van der Waals surface area contributed by atoms with E-state index in [0.717, 1.165) is 12.5 Å². The molecule has 2 nitrogen and oxygen atoms in total. The molecule has 1 aromatic carbocycles. The van der Waals surface area contributed by atoms with Crippen molar-refractivity contribution in [3.05, 3.63) is 47.3 Å². The highest BCUT2D eigenvalue weighted by molar-refractivity contribution is 5.25. The highest BCUT2D eigenvalue weighted by Crippen LogP contribution is 2.32. The Morgan fingerprint density at radius 3 is 2.21 bits per heavy atom. The summed E-state index contributed by atoms with van der Waals surface area (Å²) in [7, 11) is 0. The van der Waals surface area contributed by atoms with Crippen molar-refractivity contribution in [1.82, 2.24) is 9.80 Å². The van der Waals surface area contributed by atoms with E-state index >= 15 is 0 Å².